The molecular weight excluding hydrogens is 128 g/mol. The van der Waals surface area contributed by atoms with Gasteiger partial charge < -0.3 is 10.1 Å². The van der Waals surface area contributed by atoms with Crippen molar-refractivity contribution >= 4 is 0 Å². The van der Waals surface area contributed by atoms with Crippen LogP contribution in [0.5, 0.6) is 0 Å². The summed E-state index contributed by atoms with van der Waals surface area (Å²) in [5.74, 6) is 0. The number of hydrogen-bond acceptors (Lipinski definition) is 3. The van der Waals surface area contributed by atoms with E-state index in [4.69, 9.17) is 10.00 Å². The Bertz CT molecular complexity index is 103. The zero-order valence-electron chi connectivity index (χ0n) is 6.55. The first-order valence-electron chi connectivity index (χ1n) is 3.48. The van der Waals surface area contributed by atoms with Crippen LogP contribution >= 0.6 is 0 Å². The van der Waals surface area contributed by atoms with Gasteiger partial charge in [-0.15, -0.1) is 0 Å². The van der Waals surface area contributed by atoms with E-state index in [1.807, 2.05) is 6.19 Å². The van der Waals surface area contributed by atoms with Gasteiger partial charge in [0.2, 0.25) is 0 Å². The van der Waals surface area contributed by atoms with Gasteiger partial charge in [0.1, 0.15) is 0 Å². The lowest BCUT2D eigenvalue weighted by atomic mass is 10.2. The number of rotatable bonds is 5. The molecule has 0 radical (unpaired) electrons. The van der Waals surface area contributed by atoms with Crippen molar-refractivity contribution in [3.05, 3.63) is 0 Å². The van der Waals surface area contributed by atoms with E-state index < -0.39 is 0 Å². The molecule has 1 unspecified atom stereocenters. The smallest absolute Gasteiger partial charge is 0.176 e. The van der Waals surface area contributed by atoms with Crippen LogP contribution in [0.25, 0.3) is 0 Å². The average molecular weight is 142 g/mol. The summed E-state index contributed by atoms with van der Waals surface area (Å²) >= 11 is 0. The van der Waals surface area contributed by atoms with Crippen molar-refractivity contribution in [2.75, 3.05) is 13.7 Å². The van der Waals surface area contributed by atoms with E-state index in [1.165, 1.54) is 0 Å². The topological polar surface area (TPSA) is 45.0 Å². The molecule has 0 rings (SSSR count). The number of methoxy groups -OCH3 is 1. The Balaban J connectivity index is 3.42. The van der Waals surface area contributed by atoms with E-state index in [1.54, 1.807) is 7.11 Å². The van der Waals surface area contributed by atoms with E-state index in [0.29, 0.717) is 6.61 Å². The molecule has 0 heterocycles. The molecule has 0 amide bonds. The Hall–Kier alpha value is -0.750. The highest BCUT2D eigenvalue weighted by Gasteiger charge is 2.03. The molecule has 1 N–H and O–H groups in total. The molecule has 0 aromatic carbocycles. The van der Waals surface area contributed by atoms with Crippen LogP contribution in [-0.4, -0.2) is 19.8 Å². The summed E-state index contributed by atoms with van der Waals surface area (Å²) in [5, 5.41) is 10.9. The number of nitrogens with zero attached hydrogens (tertiary/aromatic N) is 1. The highest BCUT2D eigenvalue weighted by Crippen LogP contribution is 1.95. The van der Waals surface area contributed by atoms with Crippen molar-refractivity contribution in [1.82, 2.24) is 5.32 Å². The fraction of sp³-hybridized carbons (Fsp3) is 0.857. The molecule has 1 atom stereocenters. The minimum Gasteiger partial charge on any atom is -0.383 e. The van der Waals surface area contributed by atoms with Crippen LogP contribution in [-0.2, 0) is 4.74 Å². The monoisotopic (exact) mass is 142 g/mol. The highest BCUT2D eigenvalue weighted by molar-refractivity contribution is 4.75. The molecule has 0 saturated carbocycles. The van der Waals surface area contributed by atoms with Gasteiger partial charge >= 0.3 is 0 Å². The van der Waals surface area contributed by atoms with E-state index in [2.05, 4.69) is 12.2 Å². The van der Waals surface area contributed by atoms with Crippen LogP contribution in [0.4, 0.5) is 0 Å². The molecule has 0 aliphatic rings. The number of nitrogens with one attached hydrogen (secondary N) is 1. The molecule has 0 spiro atoms. The van der Waals surface area contributed by atoms with Gasteiger partial charge in [0.15, 0.2) is 6.19 Å². The van der Waals surface area contributed by atoms with Crippen LogP contribution in [0.15, 0.2) is 0 Å². The van der Waals surface area contributed by atoms with E-state index in [9.17, 15) is 0 Å². The van der Waals surface area contributed by atoms with Gasteiger partial charge in [-0.1, -0.05) is 13.3 Å². The van der Waals surface area contributed by atoms with Crippen molar-refractivity contribution in [2.24, 2.45) is 0 Å². The zero-order valence-corrected chi connectivity index (χ0v) is 6.55. The fourth-order valence-corrected chi connectivity index (χ4v) is 0.838. The molecule has 0 aliphatic heterocycles. The minimum atomic E-state index is 0.194. The molecule has 0 saturated heterocycles. The Labute approximate surface area is 62.0 Å². The van der Waals surface area contributed by atoms with Crippen LogP contribution in [0.1, 0.15) is 19.8 Å². The Kier molecular flexibility index (Phi) is 5.89. The van der Waals surface area contributed by atoms with Crippen molar-refractivity contribution in [3.8, 4) is 6.19 Å². The third kappa shape index (κ3) is 4.16. The van der Waals surface area contributed by atoms with Crippen LogP contribution in [0, 0.1) is 11.5 Å². The SMILES string of the molecule is CCCC(COC)NC#N. The lowest BCUT2D eigenvalue weighted by Crippen LogP contribution is -2.29. The average Bonchev–Trinajstić information content (AvgIpc) is 1.90. The molecule has 3 heteroatoms. The van der Waals surface area contributed by atoms with E-state index >= 15 is 0 Å². The molecule has 0 fully saturated rings. The summed E-state index contributed by atoms with van der Waals surface area (Å²) in [5.41, 5.74) is 0. The second-order valence-corrected chi connectivity index (χ2v) is 2.20. The number of hydrogen-bond donors (Lipinski definition) is 1. The minimum absolute atomic E-state index is 0.194. The molecule has 3 nitrogen and oxygen atoms in total. The first-order valence-corrected chi connectivity index (χ1v) is 3.48. The lowest BCUT2D eigenvalue weighted by molar-refractivity contribution is 0.168. The molecule has 0 aromatic heterocycles. The van der Waals surface area contributed by atoms with Gasteiger partial charge in [0, 0.05) is 7.11 Å². The van der Waals surface area contributed by atoms with Crippen LogP contribution in [0.3, 0.4) is 0 Å². The summed E-state index contributed by atoms with van der Waals surface area (Å²) in [6, 6.07) is 0.194. The third-order valence-corrected chi connectivity index (χ3v) is 1.27. The Morgan fingerprint density at radius 2 is 2.40 bits per heavy atom. The summed E-state index contributed by atoms with van der Waals surface area (Å²) in [4.78, 5) is 0. The molecule has 0 bridgehead atoms. The molecule has 0 aliphatic carbocycles. The second-order valence-electron chi connectivity index (χ2n) is 2.20. The molecule has 58 valence electrons. The normalized spacial score (nSPS) is 12.1. The van der Waals surface area contributed by atoms with E-state index in [0.717, 1.165) is 12.8 Å². The maximum atomic E-state index is 8.27. The maximum Gasteiger partial charge on any atom is 0.176 e. The standard InChI is InChI=1S/C7H14N2O/c1-3-4-7(5-10-2)9-6-8/h7,9H,3-5H2,1-2H3. The number of ether oxygens (including phenoxy) is 1. The maximum absolute atomic E-state index is 8.27. The van der Waals surface area contributed by atoms with Crippen molar-refractivity contribution in [1.29, 1.82) is 5.26 Å². The van der Waals surface area contributed by atoms with Crippen LogP contribution in [0.2, 0.25) is 0 Å². The van der Waals surface area contributed by atoms with Gasteiger partial charge in [-0.3, -0.25) is 0 Å². The summed E-state index contributed by atoms with van der Waals surface area (Å²) in [6.07, 6.45) is 3.97. The van der Waals surface area contributed by atoms with Crippen LogP contribution < -0.4 is 5.32 Å². The molecule has 10 heavy (non-hydrogen) atoms. The summed E-state index contributed by atoms with van der Waals surface area (Å²) in [6.45, 7) is 2.70. The fourth-order valence-electron chi connectivity index (χ4n) is 0.838. The van der Waals surface area contributed by atoms with Gasteiger partial charge in [0.05, 0.1) is 12.6 Å². The quantitative estimate of drug-likeness (QED) is 0.457. The lowest BCUT2D eigenvalue weighted by Gasteiger charge is -2.11. The largest absolute Gasteiger partial charge is 0.383 e. The van der Waals surface area contributed by atoms with Gasteiger partial charge in [-0.2, -0.15) is 5.26 Å². The number of nitriles is 1. The predicted octanol–water partition coefficient (Wildman–Crippen LogP) is 0.872. The van der Waals surface area contributed by atoms with Crippen molar-refractivity contribution < 1.29 is 4.74 Å². The third-order valence-electron chi connectivity index (χ3n) is 1.27. The molecular formula is C7H14N2O. The summed E-state index contributed by atoms with van der Waals surface area (Å²) in [7, 11) is 1.64. The second kappa shape index (κ2) is 6.37. The zero-order chi connectivity index (χ0) is 7.82. The van der Waals surface area contributed by atoms with E-state index in [-0.39, 0.29) is 6.04 Å². The Morgan fingerprint density at radius 1 is 1.70 bits per heavy atom. The van der Waals surface area contributed by atoms with Crippen molar-refractivity contribution in [3.63, 3.8) is 0 Å². The van der Waals surface area contributed by atoms with Gasteiger partial charge in [-0.05, 0) is 6.42 Å². The highest BCUT2D eigenvalue weighted by atomic mass is 16.5. The van der Waals surface area contributed by atoms with Gasteiger partial charge in [0.25, 0.3) is 0 Å². The summed E-state index contributed by atoms with van der Waals surface area (Å²) < 4.78 is 4.90. The van der Waals surface area contributed by atoms with Crippen molar-refractivity contribution in [2.45, 2.75) is 25.8 Å². The Morgan fingerprint density at radius 3 is 2.80 bits per heavy atom. The first-order chi connectivity index (χ1) is 4.85. The first kappa shape index (κ1) is 9.25. The van der Waals surface area contributed by atoms with Gasteiger partial charge in [-0.25, -0.2) is 0 Å². The predicted molar refractivity (Wildman–Crippen MR) is 39.3 cm³/mol. The molecule has 0 aromatic rings.